The predicted molar refractivity (Wildman–Crippen MR) is 69.3 cm³/mol. The maximum Gasteiger partial charge on any atom is 0.238 e. The Bertz CT molecular complexity index is 488. The van der Waals surface area contributed by atoms with E-state index >= 15 is 0 Å². The van der Waals surface area contributed by atoms with E-state index in [-0.39, 0.29) is 4.90 Å². The van der Waals surface area contributed by atoms with Gasteiger partial charge in [-0.3, -0.25) is 0 Å². The average molecular weight is 274 g/mol. The lowest BCUT2D eigenvalue weighted by Crippen LogP contribution is -2.13. The normalized spacial score (nSPS) is 11.3. The van der Waals surface area contributed by atoms with Gasteiger partial charge in [0, 0.05) is 20.3 Å². The standard InChI is InChI=1S/C11H18N2O4S/c1-16-7-3-6-13-10-8-9(18(12,14)15)4-5-11(10)17-2/h4-5,8,13H,3,6-7H2,1-2H3,(H2,12,14,15). The van der Waals surface area contributed by atoms with E-state index in [4.69, 9.17) is 14.6 Å². The molecule has 0 saturated heterocycles. The lowest BCUT2D eigenvalue weighted by molar-refractivity contribution is 0.197. The Balaban J connectivity index is 2.86. The Morgan fingerprint density at radius 2 is 2.06 bits per heavy atom. The van der Waals surface area contributed by atoms with Crippen LogP contribution in [0.5, 0.6) is 5.75 Å². The zero-order valence-corrected chi connectivity index (χ0v) is 11.3. The van der Waals surface area contributed by atoms with Crippen molar-refractivity contribution in [1.29, 1.82) is 0 Å². The molecule has 0 radical (unpaired) electrons. The maximum absolute atomic E-state index is 11.3. The first-order valence-electron chi connectivity index (χ1n) is 5.42. The monoisotopic (exact) mass is 274 g/mol. The van der Waals surface area contributed by atoms with Crippen molar-refractivity contribution >= 4 is 15.7 Å². The number of nitrogens with one attached hydrogen (secondary N) is 1. The minimum absolute atomic E-state index is 0.0533. The molecule has 0 atom stereocenters. The highest BCUT2D eigenvalue weighted by Gasteiger charge is 2.11. The van der Waals surface area contributed by atoms with Crippen LogP contribution in [0.4, 0.5) is 5.69 Å². The number of hydrogen-bond acceptors (Lipinski definition) is 5. The zero-order chi connectivity index (χ0) is 13.6. The summed E-state index contributed by atoms with van der Waals surface area (Å²) in [5, 5.41) is 8.16. The summed E-state index contributed by atoms with van der Waals surface area (Å²) < 4.78 is 32.6. The highest BCUT2D eigenvalue weighted by atomic mass is 32.2. The predicted octanol–water partition coefficient (Wildman–Crippen LogP) is 0.791. The van der Waals surface area contributed by atoms with Crippen molar-refractivity contribution in [1.82, 2.24) is 0 Å². The number of anilines is 1. The second-order valence-corrected chi connectivity index (χ2v) is 5.24. The van der Waals surface area contributed by atoms with Crippen molar-refractivity contribution in [2.45, 2.75) is 11.3 Å². The smallest absolute Gasteiger partial charge is 0.238 e. The fourth-order valence-corrected chi connectivity index (χ4v) is 1.98. The molecule has 0 fully saturated rings. The fraction of sp³-hybridized carbons (Fsp3) is 0.455. The Hall–Kier alpha value is -1.31. The third-order valence-corrected chi connectivity index (χ3v) is 3.25. The fourth-order valence-electron chi connectivity index (χ4n) is 1.44. The van der Waals surface area contributed by atoms with Crippen LogP contribution in [0, 0.1) is 0 Å². The molecule has 0 saturated carbocycles. The molecule has 0 aromatic heterocycles. The molecular weight excluding hydrogens is 256 g/mol. The highest BCUT2D eigenvalue weighted by molar-refractivity contribution is 7.89. The van der Waals surface area contributed by atoms with Gasteiger partial charge in [-0.05, 0) is 24.6 Å². The first kappa shape index (κ1) is 14.7. The molecule has 7 heteroatoms. The van der Waals surface area contributed by atoms with Crippen molar-refractivity contribution in [3.63, 3.8) is 0 Å². The van der Waals surface area contributed by atoms with Crippen LogP contribution >= 0.6 is 0 Å². The molecule has 102 valence electrons. The van der Waals surface area contributed by atoms with Gasteiger partial charge in [0.2, 0.25) is 10.0 Å². The number of benzene rings is 1. The molecule has 1 aromatic carbocycles. The molecular formula is C11H18N2O4S. The molecule has 18 heavy (non-hydrogen) atoms. The Labute approximate surface area is 107 Å². The Kier molecular flexibility index (Phi) is 5.39. The van der Waals surface area contributed by atoms with Gasteiger partial charge in [-0.15, -0.1) is 0 Å². The van der Waals surface area contributed by atoms with E-state index in [1.807, 2.05) is 0 Å². The van der Waals surface area contributed by atoms with Gasteiger partial charge in [0.25, 0.3) is 0 Å². The van der Waals surface area contributed by atoms with Crippen LogP contribution in [0.15, 0.2) is 23.1 Å². The van der Waals surface area contributed by atoms with Crippen molar-refractivity contribution in [2.24, 2.45) is 5.14 Å². The molecule has 6 nitrogen and oxygen atoms in total. The second-order valence-electron chi connectivity index (χ2n) is 3.68. The van der Waals surface area contributed by atoms with E-state index < -0.39 is 10.0 Å². The van der Waals surface area contributed by atoms with Crippen LogP contribution in [0.25, 0.3) is 0 Å². The molecule has 0 aliphatic heterocycles. The van der Waals surface area contributed by atoms with Crippen LogP contribution in [0.2, 0.25) is 0 Å². The van der Waals surface area contributed by atoms with Crippen LogP contribution in [0.1, 0.15) is 6.42 Å². The molecule has 0 unspecified atom stereocenters. The Morgan fingerprint density at radius 1 is 1.33 bits per heavy atom. The number of methoxy groups -OCH3 is 2. The van der Waals surface area contributed by atoms with Crippen LogP contribution in [-0.2, 0) is 14.8 Å². The summed E-state index contributed by atoms with van der Waals surface area (Å²) in [4.78, 5) is 0.0533. The molecule has 0 amide bonds. The number of rotatable bonds is 7. The summed E-state index contributed by atoms with van der Waals surface area (Å²) in [6.45, 7) is 1.28. The topological polar surface area (TPSA) is 90.6 Å². The van der Waals surface area contributed by atoms with E-state index in [2.05, 4.69) is 5.32 Å². The van der Waals surface area contributed by atoms with Crippen LogP contribution in [0.3, 0.4) is 0 Å². The van der Waals surface area contributed by atoms with Gasteiger partial charge >= 0.3 is 0 Å². The Morgan fingerprint density at radius 3 is 2.61 bits per heavy atom. The van der Waals surface area contributed by atoms with Gasteiger partial charge in [-0.1, -0.05) is 0 Å². The number of hydrogen-bond donors (Lipinski definition) is 2. The third-order valence-electron chi connectivity index (χ3n) is 2.34. The van der Waals surface area contributed by atoms with Gasteiger partial charge in [-0.2, -0.15) is 0 Å². The SMILES string of the molecule is COCCCNc1cc(S(N)(=O)=O)ccc1OC. The quantitative estimate of drug-likeness (QED) is 0.717. The first-order valence-corrected chi connectivity index (χ1v) is 6.97. The molecule has 0 aliphatic rings. The lowest BCUT2D eigenvalue weighted by atomic mass is 10.3. The zero-order valence-electron chi connectivity index (χ0n) is 10.5. The third kappa shape index (κ3) is 4.17. The molecule has 0 spiro atoms. The molecule has 0 aliphatic carbocycles. The first-order chi connectivity index (χ1) is 8.49. The van der Waals surface area contributed by atoms with E-state index in [0.717, 1.165) is 6.42 Å². The minimum atomic E-state index is -3.71. The van der Waals surface area contributed by atoms with Crippen LogP contribution < -0.4 is 15.2 Å². The second kappa shape index (κ2) is 6.58. The molecule has 1 rings (SSSR count). The van der Waals surface area contributed by atoms with Gasteiger partial charge < -0.3 is 14.8 Å². The number of ether oxygens (including phenoxy) is 2. The van der Waals surface area contributed by atoms with Crippen LogP contribution in [-0.4, -0.2) is 35.8 Å². The van der Waals surface area contributed by atoms with E-state index in [0.29, 0.717) is 24.6 Å². The lowest BCUT2D eigenvalue weighted by Gasteiger charge is -2.12. The summed E-state index contributed by atoms with van der Waals surface area (Å²) >= 11 is 0. The number of nitrogens with two attached hydrogens (primary N) is 1. The van der Waals surface area contributed by atoms with Gasteiger partial charge in [0.1, 0.15) is 5.75 Å². The molecule has 0 bridgehead atoms. The van der Waals surface area contributed by atoms with Gasteiger partial charge in [-0.25, -0.2) is 13.6 Å². The van der Waals surface area contributed by atoms with Crippen molar-refractivity contribution in [3.05, 3.63) is 18.2 Å². The van der Waals surface area contributed by atoms with E-state index in [1.54, 1.807) is 13.2 Å². The van der Waals surface area contributed by atoms with Crippen molar-refractivity contribution in [2.75, 3.05) is 32.7 Å². The molecule has 0 heterocycles. The van der Waals surface area contributed by atoms with Gasteiger partial charge in [0.15, 0.2) is 0 Å². The van der Waals surface area contributed by atoms with E-state index in [9.17, 15) is 8.42 Å². The van der Waals surface area contributed by atoms with Gasteiger partial charge in [0.05, 0.1) is 17.7 Å². The summed E-state index contributed by atoms with van der Waals surface area (Å²) in [5.41, 5.74) is 0.597. The summed E-state index contributed by atoms with van der Waals surface area (Å²) in [7, 11) is -0.558. The average Bonchev–Trinajstić information content (AvgIpc) is 2.33. The minimum Gasteiger partial charge on any atom is -0.495 e. The van der Waals surface area contributed by atoms with Crippen molar-refractivity contribution in [3.8, 4) is 5.75 Å². The number of primary sulfonamides is 1. The largest absolute Gasteiger partial charge is 0.495 e. The number of sulfonamides is 1. The van der Waals surface area contributed by atoms with Crippen molar-refractivity contribution < 1.29 is 17.9 Å². The van der Waals surface area contributed by atoms with E-state index in [1.165, 1.54) is 19.2 Å². The summed E-state index contributed by atoms with van der Waals surface area (Å²) in [5.74, 6) is 0.569. The maximum atomic E-state index is 11.3. The highest BCUT2D eigenvalue weighted by Crippen LogP contribution is 2.26. The summed E-state index contributed by atoms with van der Waals surface area (Å²) in [6, 6.07) is 4.44. The summed E-state index contributed by atoms with van der Waals surface area (Å²) in [6.07, 6.45) is 0.805. The molecule has 3 N–H and O–H groups in total. The molecule has 1 aromatic rings.